The summed E-state index contributed by atoms with van der Waals surface area (Å²) in [5.41, 5.74) is 2.47. The van der Waals surface area contributed by atoms with Gasteiger partial charge in [-0.25, -0.2) is 0 Å². The van der Waals surface area contributed by atoms with Crippen LogP contribution in [0.2, 0.25) is 0 Å². The van der Waals surface area contributed by atoms with Gasteiger partial charge in [-0.2, -0.15) is 5.10 Å². The zero-order valence-electron chi connectivity index (χ0n) is 15.9. The fourth-order valence-electron chi connectivity index (χ4n) is 4.26. The minimum Gasteiger partial charge on any atom is -0.395 e. The lowest BCUT2D eigenvalue weighted by Gasteiger charge is -2.46. The van der Waals surface area contributed by atoms with Gasteiger partial charge in [-0.3, -0.25) is 14.4 Å². The maximum Gasteiger partial charge on any atom is 0.274 e. The number of carbonyl (C=O) groups excluding carboxylic acids is 1. The van der Waals surface area contributed by atoms with Gasteiger partial charge in [0.25, 0.3) is 5.91 Å². The number of piperazine rings is 1. The first-order chi connectivity index (χ1) is 11.7. The normalized spacial score (nSPS) is 26.6. The van der Waals surface area contributed by atoms with E-state index in [4.69, 9.17) is 4.74 Å². The van der Waals surface area contributed by atoms with Crippen LogP contribution < -0.4 is 0 Å². The summed E-state index contributed by atoms with van der Waals surface area (Å²) in [5, 5.41) is 13.8. The zero-order valence-corrected chi connectivity index (χ0v) is 15.9. The van der Waals surface area contributed by atoms with Gasteiger partial charge in [-0.15, -0.1) is 0 Å². The Hall–Kier alpha value is -1.44. The molecule has 1 amide bonds. The monoisotopic (exact) mass is 350 g/mol. The predicted molar refractivity (Wildman–Crippen MR) is 94.5 cm³/mol. The van der Waals surface area contributed by atoms with Gasteiger partial charge >= 0.3 is 0 Å². The second-order valence-electron chi connectivity index (χ2n) is 7.88. The number of hydrogen-bond donors (Lipinski definition) is 1. The average molecular weight is 350 g/mol. The van der Waals surface area contributed by atoms with E-state index in [1.807, 2.05) is 25.8 Å². The van der Waals surface area contributed by atoms with E-state index in [-0.39, 0.29) is 30.3 Å². The van der Waals surface area contributed by atoms with Crippen LogP contribution in [-0.4, -0.2) is 75.0 Å². The van der Waals surface area contributed by atoms with Crippen molar-refractivity contribution in [3.8, 4) is 0 Å². The van der Waals surface area contributed by atoms with Crippen molar-refractivity contribution >= 4 is 5.91 Å². The van der Waals surface area contributed by atoms with Crippen LogP contribution in [0.4, 0.5) is 0 Å². The highest BCUT2D eigenvalue weighted by Gasteiger charge is 2.38. The molecule has 25 heavy (non-hydrogen) atoms. The molecular weight excluding hydrogens is 320 g/mol. The lowest BCUT2D eigenvalue weighted by atomic mass is 9.96. The fourth-order valence-corrected chi connectivity index (χ4v) is 4.26. The number of carbonyl (C=O) groups is 1. The number of aliphatic hydroxyl groups excluding tert-OH is 1. The summed E-state index contributed by atoms with van der Waals surface area (Å²) in [6, 6.07) is 0. The second-order valence-corrected chi connectivity index (χ2v) is 7.88. The Morgan fingerprint density at radius 3 is 2.72 bits per heavy atom. The highest BCUT2D eigenvalue weighted by atomic mass is 16.5. The van der Waals surface area contributed by atoms with E-state index in [0.717, 1.165) is 24.2 Å². The molecule has 0 unspecified atom stereocenters. The van der Waals surface area contributed by atoms with Crippen LogP contribution in [0.15, 0.2) is 0 Å². The van der Waals surface area contributed by atoms with Crippen LogP contribution in [0, 0.1) is 0 Å². The highest BCUT2D eigenvalue weighted by molar-refractivity contribution is 5.94. The number of amides is 1. The smallest absolute Gasteiger partial charge is 0.274 e. The summed E-state index contributed by atoms with van der Waals surface area (Å²) in [4.78, 5) is 17.3. The Kier molecular flexibility index (Phi) is 4.92. The Balaban J connectivity index is 1.84. The molecule has 3 rings (SSSR count). The fraction of sp³-hybridized carbons (Fsp3) is 0.778. The maximum absolute atomic E-state index is 13.2. The number of β-amino-alcohol motifs (C(OH)–C–C–N with tert-alkyl or cyclic N) is 1. The molecule has 140 valence electrons. The number of aryl methyl sites for hydroxylation is 1. The van der Waals surface area contributed by atoms with Crippen molar-refractivity contribution in [3.05, 3.63) is 17.0 Å². The largest absolute Gasteiger partial charge is 0.395 e. The number of hydrogen-bond acceptors (Lipinski definition) is 5. The molecular formula is C18H30N4O3. The molecule has 1 N–H and O–H groups in total. The molecule has 7 nitrogen and oxygen atoms in total. The Labute approximate surface area is 149 Å². The van der Waals surface area contributed by atoms with E-state index in [0.29, 0.717) is 25.3 Å². The van der Waals surface area contributed by atoms with E-state index in [2.05, 4.69) is 23.8 Å². The number of rotatable bonds is 3. The van der Waals surface area contributed by atoms with Gasteiger partial charge in [0.1, 0.15) is 0 Å². The molecule has 2 atom stereocenters. The van der Waals surface area contributed by atoms with Gasteiger partial charge in [-0.05, 0) is 27.7 Å². The van der Waals surface area contributed by atoms with Crippen LogP contribution in [0.5, 0.6) is 0 Å². The molecule has 1 fully saturated rings. The Morgan fingerprint density at radius 1 is 1.36 bits per heavy atom. The summed E-state index contributed by atoms with van der Waals surface area (Å²) < 4.78 is 7.69. The van der Waals surface area contributed by atoms with Gasteiger partial charge < -0.3 is 14.7 Å². The third kappa shape index (κ3) is 3.32. The first-order valence-electron chi connectivity index (χ1n) is 9.11. The van der Waals surface area contributed by atoms with Crippen LogP contribution in [0.25, 0.3) is 0 Å². The number of ether oxygens (including phenoxy) is 1. The minimum absolute atomic E-state index is 0.00914. The molecule has 0 bridgehead atoms. The summed E-state index contributed by atoms with van der Waals surface area (Å²) in [5.74, 6) is 0.00914. The lowest BCUT2D eigenvalue weighted by molar-refractivity contribution is -0.00925. The highest BCUT2D eigenvalue weighted by Crippen LogP contribution is 2.32. The standard InChI is InChI=1S/C18H30N4O3/c1-12-10-14-15(19-20(5)16(14)13(2)25-12)17(24)21-6-7-22(8-9-23)18(3,4)11-21/h12-13,23H,6-11H2,1-5H3/t12-,13+/m1/s1. The summed E-state index contributed by atoms with van der Waals surface area (Å²) in [6.45, 7) is 11.1. The number of aromatic nitrogens is 2. The van der Waals surface area contributed by atoms with Crippen molar-refractivity contribution < 1.29 is 14.6 Å². The number of nitrogens with zero attached hydrogens (tertiary/aromatic N) is 4. The predicted octanol–water partition coefficient (Wildman–Crippen LogP) is 0.971. The Morgan fingerprint density at radius 2 is 2.08 bits per heavy atom. The van der Waals surface area contributed by atoms with Gasteiger partial charge in [0.05, 0.1) is 24.5 Å². The number of aliphatic hydroxyl groups is 1. The van der Waals surface area contributed by atoms with Gasteiger partial charge in [0.2, 0.25) is 0 Å². The topological polar surface area (TPSA) is 70.8 Å². The molecule has 0 spiro atoms. The SMILES string of the molecule is C[C@@H]1Cc2c(C(=O)N3CCN(CCO)C(C)(C)C3)nn(C)c2[C@H](C)O1. The van der Waals surface area contributed by atoms with Crippen molar-refractivity contribution in [2.24, 2.45) is 7.05 Å². The molecule has 7 heteroatoms. The van der Waals surface area contributed by atoms with Crippen molar-refractivity contribution in [1.82, 2.24) is 19.6 Å². The first-order valence-corrected chi connectivity index (χ1v) is 9.11. The van der Waals surface area contributed by atoms with Crippen molar-refractivity contribution in [2.45, 2.75) is 51.9 Å². The third-order valence-corrected chi connectivity index (χ3v) is 5.44. The van der Waals surface area contributed by atoms with Crippen molar-refractivity contribution in [2.75, 3.05) is 32.8 Å². The first kappa shape index (κ1) is 18.4. The third-order valence-electron chi connectivity index (χ3n) is 5.44. The van der Waals surface area contributed by atoms with Crippen LogP contribution in [-0.2, 0) is 18.2 Å². The van der Waals surface area contributed by atoms with E-state index >= 15 is 0 Å². The van der Waals surface area contributed by atoms with E-state index in [1.54, 1.807) is 4.68 Å². The van der Waals surface area contributed by atoms with Gasteiger partial charge in [0.15, 0.2) is 5.69 Å². The molecule has 3 heterocycles. The van der Waals surface area contributed by atoms with E-state index in [1.165, 1.54) is 0 Å². The zero-order chi connectivity index (χ0) is 18.4. The summed E-state index contributed by atoms with van der Waals surface area (Å²) >= 11 is 0. The van der Waals surface area contributed by atoms with E-state index in [9.17, 15) is 9.90 Å². The quantitative estimate of drug-likeness (QED) is 0.880. The molecule has 1 aromatic rings. The molecule has 0 aliphatic carbocycles. The lowest BCUT2D eigenvalue weighted by Crippen LogP contribution is -2.61. The van der Waals surface area contributed by atoms with Crippen LogP contribution >= 0.6 is 0 Å². The summed E-state index contributed by atoms with van der Waals surface area (Å²) in [6.07, 6.45) is 0.773. The molecule has 2 aliphatic heterocycles. The number of fused-ring (bicyclic) bond motifs is 1. The van der Waals surface area contributed by atoms with Crippen molar-refractivity contribution in [1.29, 1.82) is 0 Å². The van der Waals surface area contributed by atoms with Gasteiger partial charge in [-0.1, -0.05) is 0 Å². The molecule has 0 saturated carbocycles. The van der Waals surface area contributed by atoms with Crippen LogP contribution in [0.1, 0.15) is 55.5 Å². The van der Waals surface area contributed by atoms with Gasteiger partial charge in [0, 0.05) is 50.7 Å². The molecule has 1 saturated heterocycles. The van der Waals surface area contributed by atoms with E-state index < -0.39 is 0 Å². The Bertz CT molecular complexity index is 655. The van der Waals surface area contributed by atoms with Crippen LogP contribution in [0.3, 0.4) is 0 Å². The second kappa shape index (κ2) is 6.70. The summed E-state index contributed by atoms with van der Waals surface area (Å²) in [7, 11) is 1.88. The molecule has 2 aliphatic rings. The molecule has 0 aromatic carbocycles. The molecule has 1 aromatic heterocycles. The maximum atomic E-state index is 13.2. The van der Waals surface area contributed by atoms with Crippen molar-refractivity contribution in [3.63, 3.8) is 0 Å². The molecule has 0 radical (unpaired) electrons. The minimum atomic E-state index is -0.158. The average Bonchev–Trinajstić information content (AvgIpc) is 2.85.